The predicted octanol–water partition coefficient (Wildman–Crippen LogP) is 1.39. The number of methoxy groups -OCH3 is 2. The van der Waals surface area contributed by atoms with Crippen molar-refractivity contribution in [2.45, 2.75) is 18.6 Å². The molecule has 0 bridgehead atoms. The van der Waals surface area contributed by atoms with Crippen LogP contribution >= 0.6 is 0 Å². The minimum Gasteiger partial charge on any atom is -0.494 e. The molecule has 0 aliphatic carbocycles. The fourth-order valence-corrected chi connectivity index (χ4v) is 2.10. The molecule has 5 heteroatoms. The molecule has 98 valence electrons. The van der Waals surface area contributed by atoms with Gasteiger partial charge in [0.15, 0.2) is 17.3 Å². The molecule has 1 aliphatic rings. The lowest BCUT2D eigenvalue weighted by Gasteiger charge is -2.10. The largest absolute Gasteiger partial charge is 0.494 e. The lowest BCUT2D eigenvalue weighted by Crippen LogP contribution is -2.30. The van der Waals surface area contributed by atoms with E-state index in [0.29, 0.717) is 18.5 Å². The van der Waals surface area contributed by atoms with E-state index >= 15 is 0 Å². The van der Waals surface area contributed by atoms with Gasteiger partial charge < -0.3 is 14.8 Å². The van der Waals surface area contributed by atoms with E-state index in [1.165, 1.54) is 19.2 Å². The van der Waals surface area contributed by atoms with Gasteiger partial charge in [-0.05, 0) is 24.6 Å². The molecule has 0 aromatic heterocycles. The Morgan fingerprint density at radius 1 is 1.44 bits per heavy atom. The Kier molecular flexibility index (Phi) is 3.93. The van der Waals surface area contributed by atoms with Gasteiger partial charge in [0.1, 0.15) is 0 Å². The predicted molar refractivity (Wildman–Crippen MR) is 64.5 cm³/mol. The molecule has 2 atom stereocenters. The molecule has 1 aromatic carbocycles. The van der Waals surface area contributed by atoms with Gasteiger partial charge in [0.25, 0.3) is 0 Å². The molecule has 1 fully saturated rings. The maximum absolute atomic E-state index is 13.5. The molecule has 1 aliphatic heterocycles. The summed E-state index contributed by atoms with van der Waals surface area (Å²) in [6.07, 6.45) is 0.658. The van der Waals surface area contributed by atoms with Crippen LogP contribution in [-0.4, -0.2) is 38.7 Å². The quantitative estimate of drug-likeness (QED) is 0.824. The Morgan fingerprint density at radius 2 is 2.22 bits per heavy atom. The van der Waals surface area contributed by atoms with Crippen LogP contribution in [0, 0.1) is 5.82 Å². The Bertz CT molecular complexity index is 450. The van der Waals surface area contributed by atoms with Gasteiger partial charge in [0.2, 0.25) is 0 Å². The number of carbonyl (C=O) groups is 1. The highest BCUT2D eigenvalue weighted by Crippen LogP contribution is 2.20. The average Bonchev–Trinajstić information content (AvgIpc) is 2.86. The van der Waals surface area contributed by atoms with E-state index in [0.717, 1.165) is 0 Å². The molecule has 1 N–H and O–H groups in total. The smallest absolute Gasteiger partial charge is 0.179 e. The molecule has 0 saturated carbocycles. The topological polar surface area (TPSA) is 47.6 Å². The molecule has 0 amide bonds. The summed E-state index contributed by atoms with van der Waals surface area (Å²) >= 11 is 0. The fraction of sp³-hybridized carbons (Fsp3) is 0.462. The normalized spacial score (nSPS) is 23.1. The molecular weight excluding hydrogens is 237 g/mol. The fourth-order valence-electron chi connectivity index (χ4n) is 2.10. The monoisotopic (exact) mass is 253 g/mol. The van der Waals surface area contributed by atoms with E-state index in [-0.39, 0.29) is 23.7 Å². The highest BCUT2D eigenvalue weighted by molar-refractivity contribution is 6.00. The van der Waals surface area contributed by atoms with Crippen molar-refractivity contribution >= 4 is 5.78 Å². The number of ketones is 1. The number of hydrogen-bond acceptors (Lipinski definition) is 4. The molecule has 1 aromatic rings. The molecule has 1 heterocycles. The van der Waals surface area contributed by atoms with Crippen molar-refractivity contribution in [2.24, 2.45) is 0 Å². The first-order valence-corrected chi connectivity index (χ1v) is 5.79. The molecule has 2 unspecified atom stereocenters. The lowest BCUT2D eigenvalue weighted by molar-refractivity contribution is 0.0918. The van der Waals surface area contributed by atoms with Crippen LogP contribution in [0.25, 0.3) is 0 Å². The number of rotatable bonds is 4. The summed E-state index contributed by atoms with van der Waals surface area (Å²) in [6.45, 7) is 0.644. The highest BCUT2D eigenvalue weighted by atomic mass is 19.1. The summed E-state index contributed by atoms with van der Waals surface area (Å²) in [5.41, 5.74) is 0.350. The first kappa shape index (κ1) is 13.0. The van der Waals surface area contributed by atoms with E-state index < -0.39 is 5.82 Å². The van der Waals surface area contributed by atoms with Gasteiger partial charge in [0.05, 0.1) is 19.3 Å². The zero-order valence-corrected chi connectivity index (χ0v) is 10.4. The van der Waals surface area contributed by atoms with Crippen LogP contribution in [-0.2, 0) is 4.74 Å². The number of Topliss-reactive ketones (excluding diaryl/α,β-unsaturated/α-hetero) is 1. The third kappa shape index (κ3) is 2.52. The van der Waals surface area contributed by atoms with Gasteiger partial charge in [-0.15, -0.1) is 0 Å². The summed E-state index contributed by atoms with van der Waals surface area (Å²) in [7, 11) is 3.01. The van der Waals surface area contributed by atoms with E-state index in [4.69, 9.17) is 9.47 Å². The minimum absolute atomic E-state index is 0.0436. The SMILES string of the molecule is COc1ccc(C(=O)C2CC(OC)CN2)cc1F. The third-order valence-electron chi connectivity index (χ3n) is 3.18. The van der Waals surface area contributed by atoms with Gasteiger partial charge in [-0.25, -0.2) is 4.39 Å². The van der Waals surface area contributed by atoms with Crippen molar-refractivity contribution in [1.29, 1.82) is 0 Å². The summed E-state index contributed by atoms with van der Waals surface area (Å²) in [4.78, 5) is 12.1. The third-order valence-corrected chi connectivity index (χ3v) is 3.18. The van der Waals surface area contributed by atoms with Crippen molar-refractivity contribution in [3.05, 3.63) is 29.6 Å². The van der Waals surface area contributed by atoms with Crippen molar-refractivity contribution in [3.63, 3.8) is 0 Å². The first-order valence-electron chi connectivity index (χ1n) is 5.79. The highest BCUT2D eigenvalue weighted by Gasteiger charge is 2.30. The second-order valence-electron chi connectivity index (χ2n) is 4.27. The summed E-state index contributed by atoms with van der Waals surface area (Å²) in [5.74, 6) is -0.499. The molecule has 2 rings (SSSR count). The van der Waals surface area contributed by atoms with Crippen LogP contribution in [0.1, 0.15) is 16.8 Å². The number of nitrogens with one attached hydrogen (secondary N) is 1. The number of benzene rings is 1. The Balaban J connectivity index is 2.12. The van der Waals surface area contributed by atoms with Crippen LogP contribution in [0.5, 0.6) is 5.75 Å². The number of halogens is 1. The Hall–Kier alpha value is -1.46. The van der Waals surface area contributed by atoms with E-state index in [1.54, 1.807) is 13.2 Å². The zero-order valence-electron chi connectivity index (χ0n) is 10.4. The Morgan fingerprint density at radius 3 is 2.78 bits per heavy atom. The first-order chi connectivity index (χ1) is 8.65. The van der Waals surface area contributed by atoms with Crippen LogP contribution < -0.4 is 10.1 Å². The minimum atomic E-state index is -0.523. The maximum Gasteiger partial charge on any atom is 0.179 e. The van der Waals surface area contributed by atoms with Gasteiger partial charge in [-0.3, -0.25) is 4.79 Å². The Labute approximate surface area is 105 Å². The van der Waals surface area contributed by atoms with Crippen LogP contribution in [0.15, 0.2) is 18.2 Å². The van der Waals surface area contributed by atoms with Gasteiger partial charge in [0, 0.05) is 19.2 Å². The van der Waals surface area contributed by atoms with Crippen molar-refractivity contribution in [2.75, 3.05) is 20.8 Å². The standard InChI is InChI=1S/C13H16FNO3/c1-17-9-6-11(15-7-9)13(16)8-3-4-12(18-2)10(14)5-8/h3-5,9,11,15H,6-7H2,1-2H3. The zero-order chi connectivity index (χ0) is 13.1. The molecule has 0 radical (unpaired) electrons. The molecule has 4 nitrogen and oxygen atoms in total. The molecule has 0 spiro atoms. The van der Waals surface area contributed by atoms with Gasteiger partial charge >= 0.3 is 0 Å². The molecular formula is C13H16FNO3. The lowest BCUT2D eigenvalue weighted by atomic mass is 10.0. The van der Waals surface area contributed by atoms with Crippen molar-refractivity contribution < 1.29 is 18.7 Å². The summed E-state index contributed by atoms with van der Waals surface area (Å²) in [5, 5.41) is 3.08. The van der Waals surface area contributed by atoms with Crippen molar-refractivity contribution in [3.8, 4) is 5.75 Å². The summed E-state index contributed by atoms with van der Waals surface area (Å²) < 4.78 is 23.5. The maximum atomic E-state index is 13.5. The molecule has 18 heavy (non-hydrogen) atoms. The van der Waals surface area contributed by atoms with Gasteiger partial charge in [-0.1, -0.05) is 0 Å². The van der Waals surface area contributed by atoms with Crippen LogP contribution in [0.4, 0.5) is 4.39 Å². The average molecular weight is 253 g/mol. The van der Waals surface area contributed by atoms with E-state index in [2.05, 4.69) is 5.32 Å². The molecule has 1 saturated heterocycles. The van der Waals surface area contributed by atoms with E-state index in [1.807, 2.05) is 0 Å². The number of ether oxygens (including phenoxy) is 2. The van der Waals surface area contributed by atoms with Gasteiger partial charge in [-0.2, -0.15) is 0 Å². The number of carbonyl (C=O) groups excluding carboxylic acids is 1. The van der Waals surface area contributed by atoms with Crippen LogP contribution in [0.3, 0.4) is 0 Å². The second kappa shape index (κ2) is 5.46. The summed E-state index contributed by atoms with van der Waals surface area (Å²) in [6, 6.07) is 3.95. The van der Waals surface area contributed by atoms with E-state index in [9.17, 15) is 9.18 Å². The van der Waals surface area contributed by atoms with Crippen LogP contribution in [0.2, 0.25) is 0 Å². The van der Waals surface area contributed by atoms with Crippen molar-refractivity contribution in [1.82, 2.24) is 5.32 Å². The second-order valence-corrected chi connectivity index (χ2v) is 4.27. The number of hydrogen-bond donors (Lipinski definition) is 1.